The van der Waals surface area contributed by atoms with E-state index in [2.05, 4.69) is 19.2 Å². The zero-order valence-electron chi connectivity index (χ0n) is 22.3. The number of rotatable bonds is 5. The largest absolute Gasteiger partial charge is 0.478 e. The van der Waals surface area contributed by atoms with Gasteiger partial charge in [-0.2, -0.15) is 0 Å². The van der Waals surface area contributed by atoms with E-state index in [1.807, 2.05) is 0 Å². The highest BCUT2D eigenvalue weighted by Gasteiger charge is 2.42. The third-order valence-corrected chi connectivity index (χ3v) is 9.00. The predicted molar refractivity (Wildman–Crippen MR) is 143 cm³/mol. The topological polar surface area (TPSA) is 156 Å². The summed E-state index contributed by atoms with van der Waals surface area (Å²) in [6, 6.07) is 6.11. The minimum atomic E-state index is -1.06. The molecule has 0 spiro atoms. The second kappa shape index (κ2) is 13.4. The van der Waals surface area contributed by atoms with Crippen LogP contribution in [-0.2, 0) is 4.79 Å². The second-order valence-electron chi connectivity index (χ2n) is 11.6. The van der Waals surface area contributed by atoms with Gasteiger partial charge >= 0.3 is 11.9 Å². The van der Waals surface area contributed by atoms with Gasteiger partial charge in [0.1, 0.15) is 0 Å². The summed E-state index contributed by atoms with van der Waals surface area (Å²) in [4.78, 5) is 32.9. The summed E-state index contributed by atoms with van der Waals surface area (Å²) in [7, 11) is 0. The van der Waals surface area contributed by atoms with Crippen molar-refractivity contribution in [2.45, 2.75) is 96.2 Å². The van der Waals surface area contributed by atoms with Crippen LogP contribution in [0.15, 0.2) is 24.3 Å². The highest BCUT2D eigenvalue weighted by molar-refractivity contribution is 5.91. The molecule has 4 rings (SSSR count). The van der Waals surface area contributed by atoms with Crippen LogP contribution in [0.5, 0.6) is 0 Å². The third-order valence-electron chi connectivity index (χ3n) is 9.00. The Morgan fingerprint density at radius 1 is 0.811 bits per heavy atom. The molecule has 0 aromatic heterocycles. The molecular formula is C29H45N3O5. The predicted octanol–water partition coefficient (Wildman–Crippen LogP) is 4.27. The fourth-order valence-corrected chi connectivity index (χ4v) is 6.71. The number of carboxylic acids is 2. The number of benzene rings is 1. The summed E-state index contributed by atoms with van der Waals surface area (Å²) < 4.78 is 0. The number of carbonyl (C=O) groups excluding carboxylic acids is 1. The lowest BCUT2D eigenvalue weighted by molar-refractivity contribution is -0.122. The van der Waals surface area contributed by atoms with Crippen LogP contribution < -0.4 is 16.8 Å². The van der Waals surface area contributed by atoms with Gasteiger partial charge in [0, 0.05) is 24.5 Å². The standard InChI is InChI=1S/C21H39N3O.C8H6O4/c1-13-11-15(7-9-17(13)22)21(16-8-10-18(23)14(2)12-16)19-5-3-4-6-20(25)24-19;9-7(10)5-1-2-6(4-3-5)8(11)12/h13-19,21H,3-12,22-23H2,1-2H3,(H,24,25);1-4H,(H,9,10)(H,11,12). The van der Waals surface area contributed by atoms with Crippen LogP contribution in [0.25, 0.3) is 0 Å². The van der Waals surface area contributed by atoms with Gasteiger partial charge < -0.3 is 27.0 Å². The SMILES string of the molecule is CC1CC(C(C2CCC(N)C(C)C2)C2CCCCC(=O)N2)CCC1N.O=C(O)c1ccc(C(=O)O)cc1. The number of nitrogens with one attached hydrogen (secondary N) is 1. The molecule has 0 bridgehead atoms. The fourth-order valence-electron chi connectivity index (χ4n) is 6.71. The Labute approximate surface area is 220 Å². The van der Waals surface area contributed by atoms with E-state index < -0.39 is 11.9 Å². The first-order valence-electron chi connectivity index (χ1n) is 13.9. The minimum Gasteiger partial charge on any atom is -0.478 e. The van der Waals surface area contributed by atoms with Crippen molar-refractivity contribution in [1.82, 2.24) is 5.32 Å². The number of carbonyl (C=O) groups is 3. The molecule has 1 heterocycles. The van der Waals surface area contributed by atoms with Gasteiger partial charge in [0.25, 0.3) is 0 Å². The van der Waals surface area contributed by atoms with Crippen LogP contribution >= 0.6 is 0 Å². The summed E-state index contributed by atoms with van der Waals surface area (Å²) in [6.45, 7) is 4.64. The van der Waals surface area contributed by atoms with Crippen LogP contribution in [0.4, 0.5) is 0 Å². The van der Waals surface area contributed by atoms with Crippen molar-refractivity contribution in [3.63, 3.8) is 0 Å². The zero-order valence-corrected chi connectivity index (χ0v) is 22.3. The third kappa shape index (κ3) is 8.01. The van der Waals surface area contributed by atoms with E-state index in [1.165, 1.54) is 56.4 Å². The van der Waals surface area contributed by atoms with Crippen LogP contribution in [0.2, 0.25) is 0 Å². The van der Waals surface area contributed by atoms with Crippen LogP contribution in [0.3, 0.4) is 0 Å². The maximum absolute atomic E-state index is 12.2. The van der Waals surface area contributed by atoms with Gasteiger partial charge in [-0.1, -0.05) is 20.3 Å². The lowest BCUT2D eigenvalue weighted by Gasteiger charge is -2.46. The Kier molecular flexibility index (Phi) is 10.5. The summed E-state index contributed by atoms with van der Waals surface area (Å²) in [5.41, 5.74) is 12.8. The highest BCUT2D eigenvalue weighted by Crippen LogP contribution is 2.45. The normalized spacial score (nSPS) is 33.2. The Bertz CT molecular complexity index is 862. The van der Waals surface area contributed by atoms with Crippen LogP contribution in [-0.4, -0.2) is 46.2 Å². The molecule has 1 amide bonds. The molecular weight excluding hydrogens is 470 g/mol. The van der Waals surface area contributed by atoms with Crippen molar-refractivity contribution >= 4 is 17.8 Å². The maximum Gasteiger partial charge on any atom is 0.335 e. The van der Waals surface area contributed by atoms with Crippen molar-refractivity contribution in [3.05, 3.63) is 35.4 Å². The summed E-state index contributed by atoms with van der Waals surface area (Å²) in [5, 5.41) is 20.4. The number of nitrogens with two attached hydrogens (primary N) is 2. The monoisotopic (exact) mass is 515 g/mol. The summed E-state index contributed by atoms with van der Waals surface area (Å²) >= 11 is 0. The van der Waals surface area contributed by atoms with Crippen molar-refractivity contribution in [1.29, 1.82) is 0 Å². The molecule has 1 aromatic rings. The number of hydrogen-bond donors (Lipinski definition) is 5. The average Bonchev–Trinajstić information content (AvgIpc) is 3.08. The second-order valence-corrected chi connectivity index (χ2v) is 11.6. The molecule has 7 unspecified atom stereocenters. The summed E-state index contributed by atoms with van der Waals surface area (Å²) in [5.74, 6) is 1.39. The Balaban J connectivity index is 0.000000266. The van der Waals surface area contributed by atoms with E-state index in [4.69, 9.17) is 21.7 Å². The molecule has 8 heteroatoms. The van der Waals surface area contributed by atoms with E-state index in [9.17, 15) is 14.4 Å². The number of hydrogen-bond acceptors (Lipinski definition) is 5. The fraction of sp³-hybridized carbons (Fsp3) is 0.690. The van der Waals surface area contributed by atoms with E-state index in [0.717, 1.165) is 25.7 Å². The van der Waals surface area contributed by atoms with E-state index in [0.29, 0.717) is 54.1 Å². The van der Waals surface area contributed by atoms with Crippen molar-refractivity contribution in [2.75, 3.05) is 0 Å². The first-order chi connectivity index (χ1) is 17.6. The van der Waals surface area contributed by atoms with Gasteiger partial charge in [-0.15, -0.1) is 0 Å². The van der Waals surface area contributed by atoms with Crippen LogP contribution in [0.1, 0.15) is 98.8 Å². The molecule has 1 saturated heterocycles. The van der Waals surface area contributed by atoms with Gasteiger partial charge in [0.05, 0.1) is 11.1 Å². The van der Waals surface area contributed by atoms with Gasteiger partial charge in [-0.25, -0.2) is 9.59 Å². The molecule has 1 aromatic carbocycles. The zero-order chi connectivity index (χ0) is 27.1. The Morgan fingerprint density at radius 3 is 1.68 bits per heavy atom. The number of carboxylic acid groups (broad SMARTS) is 2. The molecule has 2 saturated carbocycles. The van der Waals surface area contributed by atoms with Gasteiger partial charge in [0.15, 0.2) is 0 Å². The number of aromatic carboxylic acids is 2. The lowest BCUT2D eigenvalue weighted by Crippen LogP contribution is -2.49. The molecule has 1 aliphatic heterocycles. The smallest absolute Gasteiger partial charge is 0.335 e. The molecule has 206 valence electrons. The first kappa shape index (κ1) is 29.1. The Morgan fingerprint density at radius 2 is 1.27 bits per heavy atom. The van der Waals surface area contributed by atoms with E-state index in [1.54, 1.807) is 0 Å². The van der Waals surface area contributed by atoms with Crippen molar-refractivity contribution < 1.29 is 24.6 Å². The van der Waals surface area contributed by atoms with Gasteiger partial charge in [-0.3, -0.25) is 4.79 Å². The Hall–Kier alpha value is -2.45. The molecule has 8 nitrogen and oxygen atoms in total. The number of amides is 1. The van der Waals surface area contributed by atoms with Gasteiger partial charge in [-0.05, 0) is 105 Å². The van der Waals surface area contributed by atoms with Crippen LogP contribution in [0, 0.1) is 29.6 Å². The molecule has 37 heavy (non-hydrogen) atoms. The lowest BCUT2D eigenvalue weighted by atomic mass is 9.62. The van der Waals surface area contributed by atoms with Crippen molar-refractivity contribution in [3.8, 4) is 0 Å². The van der Waals surface area contributed by atoms with E-state index >= 15 is 0 Å². The molecule has 3 aliphatic rings. The average molecular weight is 516 g/mol. The molecule has 3 fully saturated rings. The minimum absolute atomic E-state index is 0.0833. The highest BCUT2D eigenvalue weighted by atomic mass is 16.4. The molecule has 7 atom stereocenters. The molecule has 0 radical (unpaired) electrons. The maximum atomic E-state index is 12.2. The van der Waals surface area contributed by atoms with E-state index in [-0.39, 0.29) is 17.0 Å². The van der Waals surface area contributed by atoms with Crippen molar-refractivity contribution in [2.24, 2.45) is 41.1 Å². The summed E-state index contributed by atoms with van der Waals surface area (Å²) in [6.07, 6.45) is 11.3. The molecule has 7 N–H and O–H groups in total. The van der Waals surface area contributed by atoms with Gasteiger partial charge in [0.2, 0.25) is 5.91 Å². The quantitative estimate of drug-likeness (QED) is 0.392. The first-order valence-corrected chi connectivity index (χ1v) is 13.9. The molecule has 2 aliphatic carbocycles.